The summed E-state index contributed by atoms with van der Waals surface area (Å²) in [6.07, 6.45) is 0. The Hall–Kier alpha value is -8.98. The molecule has 0 fully saturated rings. The van der Waals surface area contributed by atoms with Crippen molar-refractivity contribution in [3.8, 4) is 22.3 Å². The van der Waals surface area contributed by atoms with Crippen LogP contribution in [0.5, 0.6) is 0 Å². The molecule has 0 unspecified atom stereocenters. The van der Waals surface area contributed by atoms with E-state index in [-0.39, 0.29) is 0 Å². The summed E-state index contributed by atoms with van der Waals surface area (Å²) < 4.78 is 0. The number of rotatable bonds is 8. The Morgan fingerprint density at radius 3 is 1.25 bits per heavy atom. The topological polar surface area (TPSA) is 6.48 Å². The summed E-state index contributed by atoms with van der Waals surface area (Å²) in [6.45, 7) is 0. The van der Waals surface area contributed by atoms with Crippen LogP contribution in [-0.4, -0.2) is 0 Å². The first-order valence-electron chi connectivity index (χ1n) is 23.4. The summed E-state index contributed by atoms with van der Waals surface area (Å²) in [5.41, 5.74) is 11.7. The molecule has 0 radical (unpaired) electrons. The minimum atomic E-state index is 1.13. The molecule has 0 amide bonds. The average Bonchev–Trinajstić information content (AvgIpc) is 3.41. The molecule has 0 aliphatic carbocycles. The van der Waals surface area contributed by atoms with E-state index in [2.05, 4.69) is 277 Å². The van der Waals surface area contributed by atoms with Crippen LogP contribution in [-0.2, 0) is 0 Å². The van der Waals surface area contributed by atoms with Gasteiger partial charge >= 0.3 is 0 Å². The van der Waals surface area contributed by atoms with Crippen molar-refractivity contribution in [2.24, 2.45) is 0 Å². The van der Waals surface area contributed by atoms with Crippen LogP contribution in [0.4, 0.5) is 34.1 Å². The van der Waals surface area contributed by atoms with E-state index in [1.165, 1.54) is 86.9 Å². The molecule has 0 N–H and O–H groups in total. The highest BCUT2D eigenvalue weighted by Gasteiger charge is 2.20. The lowest BCUT2D eigenvalue weighted by Gasteiger charge is -2.28. The lowest BCUT2D eigenvalue weighted by molar-refractivity contribution is 1.30. The first-order chi connectivity index (χ1) is 33.7. The molecule has 68 heavy (non-hydrogen) atoms. The zero-order valence-electron chi connectivity index (χ0n) is 37.3. The van der Waals surface area contributed by atoms with Crippen molar-refractivity contribution < 1.29 is 0 Å². The van der Waals surface area contributed by atoms with E-state index in [1.54, 1.807) is 0 Å². The lowest BCUT2D eigenvalue weighted by atomic mass is 9.93. The third-order valence-corrected chi connectivity index (χ3v) is 13.7. The molecule has 13 aromatic rings. The maximum absolute atomic E-state index is 2.41. The van der Waals surface area contributed by atoms with Crippen LogP contribution in [0, 0.1) is 0 Å². The number of fused-ring (bicyclic) bond motifs is 6. The summed E-state index contributed by atoms with van der Waals surface area (Å²) in [5, 5.41) is 14.7. The molecule has 0 spiro atoms. The number of benzene rings is 13. The minimum absolute atomic E-state index is 1.13. The van der Waals surface area contributed by atoms with E-state index in [4.69, 9.17) is 0 Å². The molecular weight excluding hydrogens is 821 g/mol. The second-order valence-electron chi connectivity index (χ2n) is 17.7. The second kappa shape index (κ2) is 16.5. The molecule has 0 bridgehead atoms. The van der Waals surface area contributed by atoms with Gasteiger partial charge in [-0.1, -0.05) is 182 Å². The maximum atomic E-state index is 2.41. The Morgan fingerprint density at radius 2 is 0.618 bits per heavy atom. The highest BCUT2D eigenvalue weighted by atomic mass is 15.1. The van der Waals surface area contributed by atoms with Gasteiger partial charge in [0.1, 0.15) is 0 Å². The molecular formula is C66H44N2. The van der Waals surface area contributed by atoms with Crippen LogP contribution in [0.3, 0.4) is 0 Å². The van der Waals surface area contributed by atoms with Crippen LogP contribution < -0.4 is 9.80 Å². The number of nitrogens with zero attached hydrogens (tertiary/aromatic N) is 2. The van der Waals surface area contributed by atoms with Crippen molar-refractivity contribution in [2.45, 2.75) is 0 Å². The molecule has 0 saturated heterocycles. The largest absolute Gasteiger partial charge is 0.310 e. The zero-order valence-corrected chi connectivity index (χ0v) is 37.3. The van der Waals surface area contributed by atoms with Crippen molar-refractivity contribution in [3.05, 3.63) is 267 Å². The van der Waals surface area contributed by atoms with Crippen LogP contribution in [0.25, 0.3) is 86.9 Å². The zero-order chi connectivity index (χ0) is 45.0. The van der Waals surface area contributed by atoms with Gasteiger partial charge < -0.3 is 9.80 Å². The van der Waals surface area contributed by atoms with Gasteiger partial charge in [0.25, 0.3) is 0 Å². The summed E-state index contributed by atoms with van der Waals surface area (Å²) in [4.78, 5) is 4.79. The van der Waals surface area contributed by atoms with E-state index >= 15 is 0 Å². The van der Waals surface area contributed by atoms with Crippen LogP contribution in [0.1, 0.15) is 0 Å². The van der Waals surface area contributed by atoms with Gasteiger partial charge in [-0.15, -0.1) is 0 Å². The van der Waals surface area contributed by atoms with Crippen molar-refractivity contribution >= 4 is 98.8 Å². The van der Waals surface area contributed by atoms with Gasteiger partial charge in [-0.2, -0.15) is 0 Å². The molecule has 0 aliphatic heterocycles. The Labute approximate surface area is 395 Å². The van der Waals surface area contributed by atoms with E-state index in [0.29, 0.717) is 0 Å². The first-order valence-corrected chi connectivity index (χ1v) is 23.4. The van der Waals surface area contributed by atoms with Crippen LogP contribution in [0.15, 0.2) is 267 Å². The Morgan fingerprint density at radius 1 is 0.191 bits per heavy atom. The van der Waals surface area contributed by atoms with Gasteiger partial charge in [-0.05, 0) is 156 Å². The van der Waals surface area contributed by atoms with Gasteiger partial charge in [-0.25, -0.2) is 0 Å². The molecule has 13 rings (SSSR count). The summed E-state index contributed by atoms with van der Waals surface area (Å²) in [5.74, 6) is 0. The normalized spacial score (nSPS) is 11.5. The highest BCUT2D eigenvalue weighted by molar-refractivity contribution is 6.10. The van der Waals surface area contributed by atoms with Crippen molar-refractivity contribution in [1.82, 2.24) is 0 Å². The Kier molecular flexibility index (Phi) is 9.54. The maximum Gasteiger partial charge on any atom is 0.0540 e. The van der Waals surface area contributed by atoms with E-state index < -0.39 is 0 Å². The lowest BCUT2D eigenvalue weighted by Crippen LogP contribution is -2.11. The number of anilines is 6. The van der Waals surface area contributed by atoms with Gasteiger partial charge in [0.15, 0.2) is 0 Å². The third kappa shape index (κ3) is 6.90. The van der Waals surface area contributed by atoms with Gasteiger partial charge in [0.05, 0.1) is 17.1 Å². The van der Waals surface area contributed by atoms with Gasteiger partial charge in [0, 0.05) is 33.2 Å². The quantitative estimate of drug-likeness (QED) is 0.140. The predicted molar refractivity (Wildman–Crippen MR) is 292 cm³/mol. The molecule has 318 valence electrons. The monoisotopic (exact) mass is 864 g/mol. The fourth-order valence-corrected chi connectivity index (χ4v) is 10.4. The molecule has 2 nitrogen and oxygen atoms in total. The minimum Gasteiger partial charge on any atom is -0.310 e. The molecule has 0 aliphatic rings. The number of hydrogen-bond donors (Lipinski definition) is 0. The van der Waals surface area contributed by atoms with Gasteiger partial charge in [0.2, 0.25) is 0 Å². The predicted octanol–water partition coefficient (Wildman–Crippen LogP) is 18.9. The fraction of sp³-hybridized carbons (Fsp3) is 0. The third-order valence-electron chi connectivity index (χ3n) is 13.7. The SMILES string of the molecule is c1ccc(N(c2ccc3cc(-c4ccc5cc6cc(-c7ccc(N(c8ccccc8)c8cccc9ccccc89)c8ccccc78)ccc6cc5c4)ccc3c2)c2cccc3ccccc23)cc1. The summed E-state index contributed by atoms with van der Waals surface area (Å²) in [7, 11) is 0. The van der Waals surface area contributed by atoms with Crippen LogP contribution >= 0.6 is 0 Å². The Bertz CT molecular complexity index is 4030. The average molecular weight is 865 g/mol. The number of para-hydroxylation sites is 2. The highest BCUT2D eigenvalue weighted by Crippen LogP contribution is 2.45. The molecule has 13 aromatic carbocycles. The molecule has 0 heterocycles. The first kappa shape index (κ1) is 39.4. The Balaban J connectivity index is 0.841. The van der Waals surface area contributed by atoms with E-state index in [1.807, 2.05) is 0 Å². The van der Waals surface area contributed by atoms with Crippen molar-refractivity contribution in [2.75, 3.05) is 9.80 Å². The standard InChI is InChI=1S/C66H44N2/c1-3-19-56(20-4-1)67(64-27-13-17-45-15-7-9-23-60(45)64)58-36-35-49-39-47(30-32-52(49)44-58)48-29-31-50-42-55-43-53(34-33-51(55)41-54(50)40-48)59-37-38-66(63-26-12-11-25-62(59)63)68(57-21-5-2-6-22-57)65-28-14-18-46-16-8-10-24-61(46)65/h1-44H. The molecule has 0 atom stereocenters. The van der Waals surface area contributed by atoms with E-state index in [0.717, 1.165) is 34.1 Å². The summed E-state index contributed by atoms with van der Waals surface area (Å²) >= 11 is 0. The van der Waals surface area contributed by atoms with Gasteiger partial charge in [-0.3, -0.25) is 0 Å². The molecule has 2 heteroatoms. The fourth-order valence-electron chi connectivity index (χ4n) is 10.4. The smallest absolute Gasteiger partial charge is 0.0540 e. The van der Waals surface area contributed by atoms with Crippen molar-refractivity contribution in [3.63, 3.8) is 0 Å². The van der Waals surface area contributed by atoms with Crippen molar-refractivity contribution in [1.29, 1.82) is 0 Å². The molecule has 0 aromatic heterocycles. The summed E-state index contributed by atoms with van der Waals surface area (Å²) in [6, 6.07) is 97.5. The van der Waals surface area contributed by atoms with Crippen LogP contribution in [0.2, 0.25) is 0 Å². The molecule has 0 saturated carbocycles. The van der Waals surface area contributed by atoms with E-state index in [9.17, 15) is 0 Å². The second-order valence-corrected chi connectivity index (χ2v) is 17.7. The number of hydrogen-bond acceptors (Lipinski definition) is 2.